The van der Waals surface area contributed by atoms with Gasteiger partial charge in [0.05, 0.1) is 12.6 Å². The summed E-state index contributed by atoms with van der Waals surface area (Å²) >= 11 is 6.41. The second-order valence-corrected chi connectivity index (χ2v) is 11.4. The van der Waals surface area contributed by atoms with Crippen molar-refractivity contribution in [2.45, 2.75) is 57.0 Å². The Morgan fingerprint density at radius 1 is 1.27 bits per heavy atom. The Balaban J connectivity index is 1.27. The summed E-state index contributed by atoms with van der Waals surface area (Å²) < 4.78 is 1.92. The summed E-state index contributed by atoms with van der Waals surface area (Å²) in [5.74, 6) is 2.18. The molecule has 0 spiro atoms. The molecule has 2 fully saturated rings. The number of nitrogens with zero attached hydrogens (tertiary/aromatic N) is 6. The number of hydrogen-bond donors (Lipinski definition) is 1. The highest BCUT2D eigenvalue weighted by atomic mass is 35.5. The second kappa shape index (κ2) is 9.23. The molecule has 1 aromatic carbocycles. The van der Waals surface area contributed by atoms with E-state index in [2.05, 4.69) is 39.6 Å². The minimum Gasteiger partial charge on any atom is -0.321 e. The zero-order valence-electron chi connectivity index (χ0n) is 21.1. The number of carbonyl (C=O) groups is 1. The average molecular weight is 516 g/mol. The van der Waals surface area contributed by atoms with Crippen LogP contribution in [0.1, 0.15) is 71.5 Å². The predicted molar refractivity (Wildman–Crippen MR) is 140 cm³/mol. The Morgan fingerprint density at radius 2 is 2.08 bits per heavy atom. The summed E-state index contributed by atoms with van der Waals surface area (Å²) in [6.45, 7) is 3.58. The Hall–Kier alpha value is -3.28. The molecule has 2 aromatic heterocycles. The number of aromatic nitrogens is 4. The maximum atomic E-state index is 13.6. The Labute approximate surface area is 221 Å². The number of aryl methyl sites for hydroxylation is 1. The van der Waals surface area contributed by atoms with E-state index in [1.54, 1.807) is 11.2 Å². The van der Waals surface area contributed by atoms with Crippen LogP contribution in [0.25, 0.3) is 0 Å². The van der Waals surface area contributed by atoms with Crippen LogP contribution in [0.15, 0.2) is 36.7 Å². The van der Waals surface area contributed by atoms with Crippen molar-refractivity contribution in [2.24, 2.45) is 18.9 Å². The minimum atomic E-state index is -0.228. The Kier molecular flexibility index (Phi) is 6.01. The lowest BCUT2D eigenvalue weighted by molar-refractivity contribution is 0.0995. The zero-order valence-corrected chi connectivity index (χ0v) is 21.9. The molecule has 0 radical (unpaired) electrons. The van der Waals surface area contributed by atoms with Crippen LogP contribution in [0.3, 0.4) is 0 Å². The molecular formula is C28H30ClN7O. The third-order valence-electron chi connectivity index (χ3n) is 8.27. The van der Waals surface area contributed by atoms with Crippen LogP contribution in [-0.2, 0) is 25.4 Å². The van der Waals surface area contributed by atoms with Gasteiger partial charge in [0.25, 0.3) is 5.91 Å². The van der Waals surface area contributed by atoms with Crippen LogP contribution in [0.2, 0.25) is 5.15 Å². The highest BCUT2D eigenvalue weighted by Crippen LogP contribution is 2.50. The minimum absolute atomic E-state index is 0.0123. The first-order valence-electron chi connectivity index (χ1n) is 12.9. The van der Waals surface area contributed by atoms with E-state index < -0.39 is 0 Å². The van der Waals surface area contributed by atoms with E-state index in [9.17, 15) is 10.1 Å². The number of hydrogen-bond acceptors (Lipinski definition) is 6. The summed E-state index contributed by atoms with van der Waals surface area (Å²) in [6.07, 6.45) is 6.46. The maximum absolute atomic E-state index is 13.6. The molecule has 8 nitrogen and oxygen atoms in total. The average Bonchev–Trinajstić information content (AvgIpc) is 3.53. The smallest absolute Gasteiger partial charge is 0.260 e. The van der Waals surface area contributed by atoms with Crippen molar-refractivity contribution < 1.29 is 4.79 Å². The summed E-state index contributed by atoms with van der Waals surface area (Å²) in [6, 6.07) is 12.6. The number of fused-ring (bicyclic) bond motifs is 1. The maximum Gasteiger partial charge on any atom is 0.260 e. The normalized spacial score (nSPS) is 23.5. The number of benzene rings is 1. The monoisotopic (exact) mass is 515 g/mol. The van der Waals surface area contributed by atoms with Crippen molar-refractivity contribution >= 4 is 23.3 Å². The van der Waals surface area contributed by atoms with Crippen LogP contribution < -0.4 is 10.2 Å². The lowest BCUT2D eigenvalue weighted by Crippen LogP contribution is -2.43. The molecule has 2 saturated carbocycles. The number of rotatable bonds is 8. The van der Waals surface area contributed by atoms with Crippen molar-refractivity contribution in [2.75, 3.05) is 11.4 Å². The molecule has 37 heavy (non-hydrogen) atoms. The molecule has 1 N–H and O–H groups in total. The van der Waals surface area contributed by atoms with Gasteiger partial charge in [-0.2, -0.15) is 5.26 Å². The third-order valence-corrected chi connectivity index (χ3v) is 8.47. The zero-order chi connectivity index (χ0) is 25.7. The molecule has 3 aliphatic rings. The highest BCUT2D eigenvalue weighted by Gasteiger charge is 2.47. The molecule has 9 heteroatoms. The molecule has 0 saturated heterocycles. The number of halogens is 1. The van der Waals surface area contributed by atoms with Crippen molar-refractivity contribution in [3.8, 4) is 6.07 Å². The molecule has 2 aliphatic carbocycles. The van der Waals surface area contributed by atoms with Crippen LogP contribution in [-0.4, -0.2) is 32.2 Å². The molecule has 1 aliphatic heterocycles. The second-order valence-electron chi connectivity index (χ2n) is 11.0. The topological polar surface area (TPSA) is 99.7 Å². The van der Waals surface area contributed by atoms with Gasteiger partial charge in [-0.15, -0.1) is 10.2 Å². The summed E-state index contributed by atoms with van der Waals surface area (Å²) in [5.41, 5.74) is 3.54. The van der Waals surface area contributed by atoms with Gasteiger partial charge in [-0.05, 0) is 80.0 Å². The number of nitriles is 1. The first kappa shape index (κ1) is 24.1. The van der Waals surface area contributed by atoms with E-state index in [1.165, 1.54) is 12.8 Å². The Morgan fingerprint density at radius 3 is 2.78 bits per heavy atom. The highest BCUT2D eigenvalue weighted by molar-refractivity contribution is 6.29. The molecule has 1 atom stereocenters. The lowest BCUT2D eigenvalue weighted by atomic mass is 9.57. The number of nitrogens with one attached hydrogen (secondary N) is 1. The molecule has 1 unspecified atom stereocenters. The van der Waals surface area contributed by atoms with Gasteiger partial charge in [-0.3, -0.25) is 9.69 Å². The van der Waals surface area contributed by atoms with E-state index in [4.69, 9.17) is 11.6 Å². The quantitative estimate of drug-likeness (QED) is 0.443. The van der Waals surface area contributed by atoms with E-state index in [0.717, 1.165) is 47.8 Å². The first-order valence-corrected chi connectivity index (χ1v) is 13.3. The van der Waals surface area contributed by atoms with Gasteiger partial charge >= 0.3 is 0 Å². The van der Waals surface area contributed by atoms with Gasteiger partial charge in [0.2, 0.25) is 0 Å². The number of carbonyl (C=O) groups excluding carboxylic acids is 1. The molecule has 0 bridgehead atoms. The summed E-state index contributed by atoms with van der Waals surface area (Å²) in [7, 11) is 1.93. The lowest BCUT2D eigenvalue weighted by Gasteiger charge is -2.45. The van der Waals surface area contributed by atoms with Gasteiger partial charge in [0, 0.05) is 36.4 Å². The Bertz CT molecular complexity index is 1400. The fourth-order valence-electron chi connectivity index (χ4n) is 5.72. The van der Waals surface area contributed by atoms with Crippen molar-refractivity contribution in [3.05, 3.63) is 69.9 Å². The summed E-state index contributed by atoms with van der Waals surface area (Å²) in [5, 5.41) is 21.8. The van der Waals surface area contributed by atoms with Crippen LogP contribution >= 0.6 is 11.6 Å². The molecule has 1 amide bonds. The van der Waals surface area contributed by atoms with E-state index in [0.29, 0.717) is 29.5 Å². The molecule has 3 aromatic rings. The fourth-order valence-corrected chi connectivity index (χ4v) is 5.93. The van der Waals surface area contributed by atoms with Gasteiger partial charge in [-0.25, -0.2) is 4.98 Å². The van der Waals surface area contributed by atoms with Crippen molar-refractivity contribution in [3.63, 3.8) is 0 Å². The first-order chi connectivity index (χ1) is 17.8. The van der Waals surface area contributed by atoms with Crippen molar-refractivity contribution in [1.29, 1.82) is 5.26 Å². The van der Waals surface area contributed by atoms with Crippen LogP contribution in [0.4, 0.5) is 5.82 Å². The van der Waals surface area contributed by atoms with Crippen LogP contribution in [0, 0.1) is 23.2 Å². The van der Waals surface area contributed by atoms with Gasteiger partial charge < -0.3 is 9.88 Å². The molecule has 190 valence electrons. The van der Waals surface area contributed by atoms with Crippen molar-refractivity contribution in [1.82, 2.24) is 25.1 Å². The number of anilines is 1. The standard InChI is InChI=1S/C28H30ClN7O/c1-17(31-14-18-3-4-18)21-7-24(29)33-25(8-21)36-15-20-5-6-22(9-23(20)27(36)37)28(10-19(11-28)13-30)12-26-34-32-16-35(26)2/h5-9,16-19,31H,3-4,10-12,14-15H2,1-2H3. The molecule has 6 rings (SSSR count). The molecule has 3 heterocycles. The van der Waals surface area contributed by atoms with E-state index in [1.807, 2.05) is 35.9 Å². The van der Waals surface area contributed by atoms with Gasteiger partial charge in [0.15, 0.2) is 0 Å². The number of amides is 1. The van der Waals surface area contributed by atoms with Crippen LogP contribution in [0.5, 0.6) is 0 Å². The van der Waals surface area contributed by atoms with E-state index in [-0.39, 0.29) is 23.3 Å². The molecular weight excluding hydrogens is 486 g/mol. The van der Waals surface area contributed by atoms with Gasteiger partial charge in [-0.1, -0.05) is 23.7 Å². The fraction of sp³-hybridized carbons (Fsp3) is 0.464. The SMILES string of the molecule is CC(NCC1CC1)c1cc(Cl)nc(N2Cc3ccc(C4(Cc5nncn5C)CC(C#N)C4)cc3C2=O)c1. The van der Waals surface area contributed by atoms with E-state index >= 15 is 0 Å². The van der Waals surface area contributed by atoms with Gasteiger partial charge in [0.1, 0.15) is 23.1 Å². The largest absolute Gasteiger partial charge is 0.321 e. The number of pyridine rings is 1. The summed E-state index contributed by atoms with van der Waals surface area (Å²) in [4.78, 5) is 19.9. The predicted octanol–water partition coefficient (Wildman–Crippen LogP) is 4.50. The third kappa shape index (κ3) is 4.51.